The quantitative estimate of drug-likeness (QED) is 0.872. The summed E-state index contributed by atoms with van der Waals surface area (Å²) in [5.41, 5.74) is 7.33. The van der Waals surface area contributed by atoms with E-state index >= 15 is 0 Å². The average Bonchev–Trinajstić information content (AvgIpc) is 2.43. The predicted octanol–water partition coefficient (Wildman–Crippen LogP) is 3.17. The minimum Gasteiger partial charge on any atom is -0.399 e. The molecule has 19 heavy (non-hydrogen) atoms. The van der Waals surface area contributed by atoms with Crippen LogP contribution >= 0.6 is 23.4 Å². The molecule has 2 N–H and O–H groups in total. The number of anilines is 1. The van der Waals surface area contributed by atoms with Crippen molar-refractivity contribution in [3.05, 3.63) is 28.8 Å². The number of amides is 1. The molecule has 1 aliphatic heterocycles. The highest BCUT2D eigenvalue weighted by Crippen LogP contribution is 2.27. The van der Waals surface area contributed by atoms with E-state index in [1.54, 1.807) is 28.8 Å². The van der Waals surface area contributed by atoms with Crippen LogP contribution in [-0.4, -0.2) is 28.9 Å². The Morgan fingerprint density at radius 2 is 2.32 bits per heavy atom. The number of carbonyl (C=O) groups is 1. The van der Waals surface area contributed by atoms with E-state index < -0.39 is 0 Å². The van der Waals surface area contributed by atoms with E-state index in [2.05, 4.69) is 0 Å². The van der Waals surface area contributed by atoms with E-state index in [1.807, 2.05) is 13.1 Å². The third-order valence-electron chi connectivity index (χ3n) is 3.31. The molecule has 0 spiro atoms. The van der Waals surface area contributed by atoms with Gasteiger partial charge in [0, 0.05) is 24.3 Å². The van der Waals surface area contributed by atoms with Crippen LogP contribution in [0.15, 0.2) is 18.2 Å². The first-order chi connectivity index (χ1) is 9.08. The summed E-state index contributed by atoms with van der Waals surface area (Å²) >= 11 is 7.90. The highest BCUT2D eigenvalue weighted by molar-refractivity contribution is 8.00. The van der Waals surface area contributed by atoms with E-state index in [0.29, 0.717) is 17.3 Å². The molecular weight excluding hydrogens is 280 g/mol. The van der Waals surface area contributed by atoms with Crippen LogP contribution in [0, 0.1) is 0 Å². The monoisotopic (exact) mass is 298 g/mol. The first-order valence-electron chi connectivity index (χ1n) is 6.48. The molecule has 0 aliphatic carbocycles. The van der Waals surface area contributed by atoms with Gasteiger partial charge < -0.3 is 10.6 Å². The number of halogens is 1. The van der Waals surface area contributed by atoms with Crippen LogP contribution in [0.4, 0.5) is 5.69 Å². The minimum absolute atomic E-state index is 0.110. The number of hydrogen-bond acceptors (Lipinski definition) is 3. The van der Waals surface area contributed by atoms with Crippen LogP contribution in [-0.2, 0) is 11.3 Å². The van der Waals surface area contributed by atoms with E-state index in [9.17, 15) is 4.79 Å². The number of nitrogens with zero attached hydrogens (tertiary/aromatic N) is 1. The van der Waals surface area contributed by atoms with Crippen LogP contribution in [0.5, 0.6) is 0 Å². The van der Waals surface area contributed by atoms with Crippen molar-refractivity contribution in [3.8, 4) is 0 Å². The molecule has 104 valence electrons. The van der Waals surface area contributed by atoms with Gasteiger partial charge in [-0.15, -0.1) is 11.8 Å². The molecule has 1 unspecified atom stereocenters. The Balaban J connectivity index is 2.01. The first-order valence-corrected chi connectivity index (χ1v) is 7.91. The molecule has 5 heteroatoms. The summed E-state index contributed by atoms with van der Waals surface area (Å²) in [6, 6.07) is 5.38. The number of thioether (sulfide) groups is 1. The Hall–Kier alpha value is -0.870. The predicted molar refractivity (Wildman–Crippen MR) is 82.4 cm³/mol. The molecular formula is C14H19ClN2OS. The van der Waals surface area contributed by atoms with Gasteiger partial charge in [-0.2, -0.15) is 0 Å². The Morgan fingerprint density at radius 3 is 3.00 bits per heavy atom. The first kappa shape index (κ1) is 14.5. The van der Waals surface area contributed by atoms with E-state index in [-0.39, 0.29) is 11.2 Å². The molecule has 1 aliphatic rings. The Labute approximate surface area is 123 Å². The van der Waals surface area contributed by atoms with Gasteiger partial charge in [-0.3, -0.25) is 4.79 Å². The summed E-state index contributed by atoms with van der Waals surface area (Å²) in [5.74, 6) is 1.28. The summed E-state index contributed by atoms with van der Waals surface area (Å²) in [6.07, 6.45) is 3.36. The van der Waals surface area contributed by atoms with Gasteiger partial charge in [0.1, 0.15) is 0 Å². The lowest BCUT2D eigenvalue weighted by Gasteiger charge is -2.26. The molecule has 1 saturated heterocycles. The van der Waals surface area contributed by atoms with Gasteiger partial charge in [0.15, 0.2) is 0 Å². The SMILES string of the molecule is CN(Cc1cc(N)ccc1Cl)C(=O)C1CCCCS1. The molecule has 0 bridgehead atoms. The molecule has 3 nitrogen and oxygen atoms in total. The summed E-state index contributed by atoms with van der Waals surface area (Å²) < 4.78 is 0. The molecule has 0 saturated carbocycles. The number of hydrogen-bond donors (Lipinski definition) is 1. The van der Waals surface area contributed by atoms with Gasteiger partial charge in [-0.25, -0.2) is 0 Å². The Kier molecular flexibility index (Phi) is 4.99. The molecule has 2 rings (SSSR count). The molecule has 1 atom stereocenters. The van der Waals surface area contributed by atoms with Crippen LogP contribution in [0.1, 0.15) is 24.8 Å². The summed E-state index contributed by atoms with van der Waals surface area (Å²) in [4.78, 5) is 14.1. The molecule has 0 radical (unpaired) electrons. The fourth-order valence-electron chi connectivity index (χ4n) is 2.23. The number of benzene rings is 1. The second-order valence-corrected chi connectivity index (χ2v) is 6.62. The van der Waals surface area contributed by atoms with Crippen molar-refractivity contribution in [2.24, 2.45) is 0 Å². The lowest BCUT2D eigenvalue weighted by atomic mass is 10.1. The molecule has 1 aromatic rings. The largest absolute Gasteiger partial charge is 0.399 e. The van der Waals surface area contributed by atoms with E-state index in [1.165, 1.54) is 6.42 Å². The van der Waals surface area contributed by atoms with Gasteiger partial charge >= 0.3 is 0 Å². The zero-order chi connectivity index (χ0) is 13.8. The molecule has 1 aromatic carbocycles. The molecule has 1 amide bonds. The molecule has 1 fully saturated rings. The van der Waals surface area contributed by atoms with Crippen molar-refractivity contribution in [2.45, 2.75) is 31.1 Å². The lowest BCUT2D eigenvalue weighted by Crippen LogP contribution is -2.35. The maximum atomic E-state index is 12.3. The molecule has 0 aromatic heterocycles. The zero-order valence-electron chi connectivity index (χ0n) is 11.1. The normalized spacial score (nSPS) is 19.2. The van der Waals surface area contributed by atoms with Gasteiger partial charge in [-0.1, -0.05) is 18.0 Å². The Morgan fingerprint density at radius 1 is 1.53 bits per heavy atom. The zero-order valence-corrected chi connectivity index (χ0v) is 12.6. The van der Waals surface area contributed by atoms with Crippen molar-refractivity contribution in [1.29, 1.82) is 0 Å². The third-order valence-corrected chi connectivity index (χ3v) is 5.04. The van der Waals surface area contributed by atoms with Crippen LogP contribution < -0.4 is 5.73 Å². The van der Waals surface area contributed by atoms with Gasteiger partial charge in [0.25, 0.3) is 0 Å². The second-order valence-electron chi connectivity index (χ2n) is 4.90. The van der Waals surface area contributed by atoms with Crippen LogP contribution in [0.2, 0.25) is 5.02 Å². The number of nitrogens with two attached hydrogens (primary N) is 1. The summed E-state index contributed by atoms with van der Waals surface area (Å²) in [7, 11) is 1.83. The van der Waals surface area contributed by atoms with Crippen molar-refractivity contribution < 1.29 is 4.79 Å². The van der Waals surface area contributed by atoms with Crippen LogP contribution in [0.3, 0.4) is 0 Å². The van der Waals surface area contributed by atoms with Crippen molar-refractivity contribution in [1.82, 2.24) is 4.90 Å². The highest BCUT2D eigenvalue weighted by atomic mass is 35.5. The number of rotatable bonds is 3. The maximum absolute atomic E-state index is 12.3. The van der Waals surface area contributed by atoms with Crippen LogP contribution in [0.25, 0.3) is 0 Å². The van der Waals surface area contributed by atoms with E-state index in [0.717, 1.165) is 24.2 Å². The number of carbonyl (C=O) groups excluding carboxylic acids is 1. The summed E-state index contributed by atoms with van der Waals surface area (Å²) in [6.45, 7) is 0.514. The standard InChI is InChI=1S/C14H19ClN2OS/c1-17(14(18)13-4-2-3-7-19-13)9-10-8-11(16)5-6-12(10)15/h5-6,8,13H,2-4,7,9,16H2,1H3. The van der Waals surface area contributed by atoms with Crippen molar-refractivity contribution >= 4 is 35.0 Å². The third kappa shape index (κ3) is 3.80. The van der Waals surface area contributed by atoms with Crippen molar-refractivity contribution in [3.63, 3.8) is 0 Å². The minimum atomic E-state index is 0.110. The second kappa shape index (κ2) is 6.53. The lowest BCUT2D eigenvalue weighted by molar-refractivity contribution is -0.130. The maximum Gasteiger partial charge on any atom is 0.235 e. The average molecular weight is 299 g/mol. The molecule has 1 heterocycles. The fourth-order valence-corrected chi connectivity index (χ4v) is 3.72. The van der Waals surface area contributed by atoms with Gasteiger partial charge in [0.2, 0.25) is 5.91 Å². The number of nitrogen functional groups attached to an aromatic ring is 1. The summed E-state index contributed by atoms with van der Waals surface area (Å²) in [5, 5.41) is 0.767. The smallest absolute Gasteiger partial charge is 0.235 e. The highest BCUT2D eigenvalue weighted by Gasteiger charge is 2.24. The topological polar surface area (TPSA) is 46.3 Å². The van der Waals surface area contributed by atoms with Crippen molar-refractivity contribution in [2.75, 3.05) is 18.5 Å². The van der Waals surface area contributed by atoms with Gasteiger partial charge in [-0.05, 0) is 42.4 Å². The van der Waals surface area contributed by atoms with E-state index in [4.69, 9.17) is 17.3 Å². The fraction of sp³-hybridized carbons (Fsp3) is 0.500. The van der Waals surface area contributed by atoms with Gasteiger partial charge in [0.05, 0.1) is 5.25 Å². The Bertz CT molecular complexity index is 461.